The van der Waals surface area contributed by atoms with Crippen molar-refractivity contribution in [3.8, 4) is 0 Å². The molecule has 2 rings (SSSR count). The monoisotopic (exact) mass is 255 g/mol. The molecule has 2 aromatic carbocycles. The number of anilines is 1. The summed E-state index contributed by atoms with van der Waals surface area (Å²) in [5, 5.41) is 0. The Balaban J connectivity index is 2.38. The maximum atomic E-state index is 13.4. The Morgan fingerprint density at radius 1 is 0.941 bits per heavy atom. The number of halogens is 3. The van der Waals surface area contributed by atoms with Gasteiger partial charge in [-0.2, -0.15) is 0 Å². The fourth-order valence-corrected chi connectivity index (χ4v) is 2.16. The zero-order valence-electron chi connectivity index (χ0n) is 8.58. The molecule has 0 saturated heterocycles. The van der Waals surface area contributed by atoms with Gasteiger partial charge in [0.25, 0.3) is 0 Å². The molecule has 0 spiro atoms. The summed E-state index contributed by atoms with van der Waals surface area (Å²) in [5.41, 5.74) is 5.81. The lowest BCUT2D eigenvalue weighted by molar-refractivity contribution is 0.565. The van der Waals surface area contributed by atoms with Crippen LogP contribution in [0.15, 0.2) is 46.2 Å². The zero-order chi connectivity index (χ0) is 12.4. The normalized spacial score (nSPS) is 10.5. The van der Waals surface area contributed by atoms with Crippen LogP contribution < -0.4 is 5.73 Å². The van der Waals surface area contributed by atoms with E-state index in [1.165, 1.54) is 24.3 Å². The average Bonchev–Trinajstić information content (AvgIpc) is 2.26. The van der Waals surface area contributed by atoms with Gasteiger partial charge in [0.05, 0.1) is 4.90 Å². The van der Waals surface area contributed by atoms with Gasteiger partial charge in [-0.15, -0.1) is 0 Å². The number of hydrogen-bond donors (Lipinski definition) is 1. The molecule has 0 unspecified atom stereocenters. The SMILES string of the molecule is Nc1cccc(F)c1Sc1ccc(F)cc1F. The first-order valence-corrected chi connectivity index (χ1v) is 5.56. The summed E-state index contributed by atoms with van der Waals surface area (Å²) in [7, 11) is 0. The molecule has 0 aliphatic carbocycles. The summed E-state index contributed by atoms with van der Waals surface area (Å²) < 4.78 is 39.5. The van der Waals surface area contributed by atoms with E-state index >= 15 is 0 Å². The standard InChI is InChI=1S/C12H8F3NS/c13-7-4-5-11(9(15)6-7)17-12-8(14)2-1-3-10(12)16/h1-6H,16H2. The molecule has 1 nitrogen and oxygen atoms in total. The van der Waals surface area contributed by atoms with E-state index in [1.807, 2.05) is 0 Å². The van der Waals surface area contributed by atoms with Crippen molar-refractivity contribution in [3.05, 3.63) is 53.8 Å². The van der Waals surface area contributed by atoms with Crippen LogP contribution >= 0.6 is 11.8 Å². The quantitative estimate of drug-likeness (QED) is 0.825. The smallest absolute Gasteiger partial charge is 0.140 e. The Bertz CT molecular complexity index is 537. The molecule has 2 N–H and O–H groups in total. The van der Waals surface area contributed by atoms with Crippen LogP contribution in [0.3, 0.4) is 0 Å². The van der Waals surface area contributed by atoms with Crippen LogP contribution in [0.4, 0.5) is 18.9 Å². The largest absolute Gasteiger partial charge is 0.398 e. The molecule has 0 heterocycles. The van der Waals surface area contributed by atoms with E-state index in [0.29, 0.717) is 0 Å². The van der Waals surface area contributed by atoms with Crippen molar-refractivity contribution in [3.63, 3.8) is 0 Å². The Hall–Kier alpha value is -1.62. The van der Waals surface area contributed by atoms with Gasteiger partial charge in [-0.1, -0.05) is 17.8 Å². The van der Waals surface area contributed by atoms with Gasteiger partial charge in [0.1, 0.15) is 17.5 Å². The van der Waals surface area contributed by atoms with Crippen molar-refractivity contribution in [2.75, 3.05) is 5.73 Å². The molecule has 0 aliphatic rings. The van der Waals surface area contributed by atoms with Gasteiger partial charge in [-0.25, -0.2) is 13.2 Å². The lowest BCUT2D eigenvalue weighted by Crippen LogP contribution is -1.92. The molecule has 0 saturated carbocycles. The highest BCUT2D eigenvalue weighted by Gasteiger charge is 2.11. The predicted molar refractivity (Wildman–Crippen MR) is 61.3 cm³/mol. The molecule has 0 aromatic heterocycles. The van der Waals surface area contributed by atoms with Crippen molar-refractivity contribution in [1.29, 1.82) is 0 Å². The fraction of sp³-hybridized carbons (Fsp3) is 0. The van der Waals surface area contributed by atoms with E-state index in [4.69, 9.17) is 5.73 Å². The van der Waals surface area contributed by atoms with Crippen LogP contribution in [0.2, 0.25) is 0 Å². The zero-order valence-corrected chi connectivity index (χ0v) is 9.40. The first-order chi connectivity index (χ1) is 8.08. The topological polar surface area (TPSA) is 26.0 Å². The van der Waals surface area contributed by atoms with Crippen LogP contribution in [-0.4, -0.2) is 0 Å². The number of nitrogens with two attached hydrogens (primary N) is 1. The fourth-order valence-electron chi connectivity index (χ4n) is 1.30. The Kier molecular flexibility index (Phi) is 3.28. The van der Waals surface area contributed by atoms with E-state index in [2.05, 4.69) is 0 Å². The Labute approximate surface area is 100 Å². The van der Waals surface area contributed by atoms with Gasteiger partial charge in [0.15, 0.2) is 0 Å². The van der Waals surface area contributed by atoms with Crippen molar-refractivity contribution in [2.24, 2.45) is 0 Å². The van der Waals surface area contributed by atoms with E-state index in [-0.39, 0.29) is 15.5 Å². The van der Waals surface area contributed by atoms with Gasteiger partial charge in [-0.3, -0.25) is 0 Å². The molecular formula is C12H8F3NS. The minimum atomic E-state index is -0.738. The van der Waals surface area contributed by atoms with E-state index in [0.717, 1.165) is 23.9 Å². The average molecular weight is 255 g/mol. The Morgan fingerprint density at radius 2 is 1.71 bits per heavy atom. The van der Waals surface area contributed by atoms with Crippen LogP contribution in [0.5, 0.6) is 0 Å². The molecule has 17 heavy (non-hydrogen) atoms. The molecule has 0 fully saturated rings. The molecule has 88 valence electrons. The molecular weight excluding hydrogens is 247 g/mol. The number of hydrogen-bond acceptors (Lipinski definition) is 2. The summed E-state index contributed by atoms with van der Waals surface area (Å²) >= 11 is 0.834. The van der Waals surface area contributed by atoms with E-state index in [1.54, 1.807) is 0 Å². The van der Waals surface area contributed by atoms with Crippen LogP contribution in [0, 0.1) is 17.5 Å². The maximum absolute atomic E-state index is 13.4. The summed E-state index contributed by atoms with van der Waals surface area (Å²) in [5.74, 6) is -1.94. The molecule has 2 aromatic rings. The van der Waals surface area contributed by atoms with Crippen molar-refractivity contribution >= 4 is 17.4 Å². The molecule has 0 aliphatic heterocycles. The van der Waals surface area contributed by atoms with Gasteiger partial charge in [0, 0.05) is 16.6 Å². The second-order valence-electron chi connectivity index (χ2n) is 3.33. The third-order valence-corrected chi connectivity index (χ3v) is 3.29. The highest BCUT2D eigenvalue weighted by molar-refractivity contribution is 7.99. The van der Waals surface area contributed by atoms with Gasteiger partial charge < -0.3 is 5.73 Å². The summed E-state index contributed by atoms with van der Waals surface area (Å²) in [6.45, 7) is 0. The van der Waals surface area contributed by atoms with Crippen molar-refractivity contribution < 1.29 is 13.2 Å². The molecule has 0 atom stereocenters. The van der Waals surface area contributed by atoms with Crippen LogP contribution in [-0.2, 0) is 0 Å². The second kappa shape index (κ2) is 4.71. The molecule has 0 radical (unpaired) electrons. The Morgan fingerprint density at radius 3 is 2.35 bits per heavy atom. The summed E-state index contributed by atoms with van der Waals surface area (Å²) in [6.07, 6.45) is 0. The highest BCUT2D eigenvalue weighted by atomic mass is 32.2. The molecule has 0 bridgehead atoms. The third kappa shape index (κ3) is 2.55. The highest BCUT2D eigenvalue weighted by Crippen LogP contribution is 2.35. The maximum Gasteiger partial charge on any atom is 0.140 e. The summed E-state index contributed by atoms with van der Waals surface area (Å²) in [4.78, 5) is 0.265. The van der Waals surface area contributed by atoms with Gasteiger partial charge >= 0.3 is 0 Å². The lowest BCUT2D eigenvalue weighted by atomic mass is 10.3. The minimum Gasteiger partial charge on any atom is -0.398 e. The first kappa shape index (κ1) is 11.9. The number of rotatable bonds is 2. The number of benzene rings is 2. The van der Waals surface area contributed by atoms with Crippen LogP contribution in [0.25, 0.3) is 0 Å². The molecule has 0 amide bonds. The number of nitrogen functional groups attached to an aromatic ring is 1. The summed E-state index contributed by atoms with van der Waals surface area (Å²) in [6, 6.07) is 7.34. The third-order valence-electron chi connectivity index (χ3n) is 2.10. The van der Waals surface area contributed by atoms with Gasteiger partial charge in [0.2, 0.25) is 0 Å². The predicted octanol–water partition coefficient (Wildman–Crippen LogP) is 3.84. The van der Waals surface area contributed by atoms with Gasteiger partial charge in [-0.05, 0) is 24.3 Å². The van der Waals surface area contributed by atoms with Crippen molar-refractivity contribution in [1.82, 2.24) is 0 Å². The molecule has 5 heteroatoms. The minimum absolute atomic E-state index is 0.128. The van der Waals surface area contributed by atoms with Crippen molar-refractivity contribution in [2.45, 2.75) is 9.79 Å². The van der Waals surface area contributed by atoms with Crippen LogP contribution in [0.1, 0.15) is 0 Å². The van der Waals surface area contributed by atoms with E-state index < -0.39 is 17.5 Å². The lowest BCUT2D eigenvalue weighted by Gasteiger charge is -2.07. The van der Waals surface area contributed by atoms with E-state index in [9.17, 15) is 13.2 Å². The first-order valence-electron chi connectivity index (χ1n) is 4.75. The second-order valence-corrected chi connectivity index (χ2v) is 4.39.